The summed E-state index contributed by atoms with van der Waals surface area (Å²) < 4.78 is 7.07. The second-order valence-corrected chi connectivity index (χ2v) is 5.53. The molecule has 23 heavy (non-hydrogen) atoms. The summed E-state index contributed by atoms with van der Waals surface area (Å²) in [5, 5.41) is 30.4. The molecule has 2 aromatic heterocycles. The SMILES string of the molecule is CN(C)/C=C(\O)[C@H]1O[C@@H](n2cnc3c(N)ncnc32)[C@H](O)[C@@H]1O. The first-order valence-corrected chi connectivity index (χ1v) is 6.92. The topological polar surface area (TPSA) is 143 Å². The van der Waals surface area contributed by atoms with Gasteiger partial charge < -0.3 is 30.7 Å². The molecule has 10 nitrogen and oxygen atoms in total. The van der Waals surface area contributed by atoms with Crippen LogP contribution in [0.2, 0.25) is 0 Å². The molecular weight excluding hydrogens is 304 g/mol. The molecule has 1 fully saturated rings. The van der Waals surface area contributed by atoms with Gasteiger partial charge in [-0.2, -0.15) is 0 Å². The number of aliphatic hydroxyl groups is 3. The number of rotatable bonds is 3. The van der Waals surface area contributed by atoms with Gasteiger partial charge in [0.15, 0.2) is 17.7 Å². The minimum absolute atomic E-state index is 0.192. The van der Waals surface area contributed by atoms with E-state index in [4.69, 9.17) is 10.5 Å². The quantitative estimate of drug-likeness (QED) is 0.522. The summed E-state index contributed by atoms with van der Waals surface area (Å²) in [5.74, 6) is 0.0105. The zero-order valence-electron chi connectivity index (χ0n) is 12.6. The Kier molecular flexibility index (Phi) is 3.80. The van der Waals surface area contributed by atoms with Crippen LogP contribution in [-0.4, -0.2) is 72.1 Å². The molecule has 1 aliphatic heterocycles. The van der Waals surface area contributed by atoms with E-state index in [-0.39, 0.29) is 11.6 Å². The van der Waals surface area contributed by atoms with Crippen molar-refractivity contribution < 1.29 is 20.1 Å². The maximum absolute atomic E-state index is 10.3. The predicted molar refractivity (Wildman–Crippen MR) is 80.1 cm³/mol. The van der Waals surface area contributed by atoms with E-state index in [9.17, 15) is 15.3 Å². The van der Waals surface area contributed by atoms with Crippen LogP contribution in [0, 0.1) is 0 Å². The summed E-state index contributed by atoms with van der Waals surface area (Å²) in [6.07, 6.45) is -0.532. The van der Waals surface area contributed by atoms with Gasteiger partial charge in [0.05, 0.1) is 6.33 Å². The van der Waals surface area contributed by atoms with E-state index in [1.165, 1.54) is 23.4 Å². The first-order chi connectivity index (χ1) is 10.9. The Morgan fingerprint density at radius 1 is 1.30 bits per heavy atom. The summed E-state index contributed by atoms with van der Waals surface area (Å²) >= 11 is 0. The van der Waals surface area contributed by atoms with Crippen LogP contribution in [0.4, 0.5) is 5.82 Å². The molecule has 3 rings (SSSR count). The number of nitrogen functional groups attached to an aromatic ring is 1. The van der Waals surface area contributed by atoms with Crippen LogP contribution < -0.4 is 5.73 Å². The highest BCUT2D eigenvalue weighted by Gasteiger charge is 2.46. The first kappa shape index (κ1) is 15.5. The van der Waals surface area contributed by atoms with E-state index < -0.39 is 24.5 Å². The van der Waals surface area contributed by atoms with Gasteiger partial charge in [-0.1, -0.05) is 0 Å². The molecule has 0 amide bonds. The molecule has 4 atom stereocenters. The summed E-state index contributed by atoms with van der Waals surface area (Å²) in [5.41, 5.74) is 6.46. The molecule has 5 N–H and O–H groups in total. The molecule has 0 bridgehead atoms. The van der Waals surface area contributed by atoms with Gasteiger partial charge in [0, 0.05) is 20.3 Å². The van der Waals surface area contributed by atoms with Crippen LogP contribution >= 0.6 is 0 Å². The number of anilines is 1. The lowest BCUT2D eigenvalue weighted by Crippen LogP contribution is -2.32. The maximum atomic E-state index is 10.3. The molecule has 124 valence electrons. The fourth-order valence-corrected chi connectivity index (χ4v) is 2.53. The van der Waals surface area contributed by atoms with E-state index in [2.05, 4.69) is 15.0 Å². The highest BCUT2D eigenvalue weighted by Crippen LogP contribution is 2.34. The van der Waals surface area contributed by atoms with Gasteiger partial charge >= 0.3 is 0 Å². The molecule has 0 aromatic carbocycles. The molecular formula is C13H18N6O4. The highest BCUT2D eigenvalue weighted by molar-refractivity contribution is 5.81. The van der Waals surface area contributed by atoms with Gasteiger partial charge in [-0.05, 0) is 0 Å². The van der Waals surface area contributed by atoms with Gasteiger partial charge in [0.1, 0.15) is 35.9 Å². The van der Waals surface area contributed by atoms with Crippen LogP contribution in [0.25, 0.3) is 11.2 Å². The van der Waals surface area contributed by atoms with Crippen molar-refractivity contribution >= 4 is 17.0 Å². The molecule has 1 aliphatic rings. The predicted octanol–water partition coefficient (Wildman–Crippen LogP) is -1.01. The minimum Gasteiger partial charge on any atom is -0.508 e. The van der Waals surface area contributed by atoms with Crippen molar-refractivity contribution in [2.24, 2.45) is 0 Å². The van der Waals surface area contributed by atoms with Gasteiger partial charge in [-0.15, -0.1) is 0 Å². The zero-order chi connectivity index (χ0) is 16.7. The Morgan fingerprint density at radius 3 is 2.74 bits per heavy atom. The fraction of sp³-hybridized carbons (Fsp3) is 0.462. The van der Waals surface area contributed by atoms with Crippen LogP contribution in [0.3, 0.4) is 0 Å². The Morgan fingerprint density at radius 2 is 2.04 bits per heavy atom. The Bertz CT molecular complexity index is 745. The Hall–Kier alpha value is -2.43. The van der Waals surface area contributed by atoms with Crippen molar-refractivity contribution in [3.63, 3.8) is 0 Å². The lowest BCUT2D eigenvalue weighted by atomic mass is 10.1. The van der Waals surface area contributed by atoms with Gasteiger partial charge in [-0.25, -0.2) is 15.0 Å². The molecule has 0 radical (unpaired) electrons. The van der Waals surface area contributed by atoms with Gasteiger partial charge in [-0.3, -0.25) is 4.57 Å². The average molecular weight is 322 g/mol. The third-order valence-electron chi connectivity index (χ3n) is 3.58. The summed E-state index contributed by atoms with van der Waals surface area (Å²) in [6, 6.07) is 0. The molecule has 10 heteroatoms. The first-order valence-electron chi connectivity index (χ1n) is 6.92. The number of aromatic nitrogens is 4. The smallest absolute Gasteiger partial charge is 0.167 e. The van der Waals surface area contributed by atoms with Crippen LogP contribution in [-0.2, 0) is 4.74 Å². The third kappa shape index (κ3) is 2.56. The lowest BCUT2D eigenvalue weighted by Gasteiger charge is -2.16. The summed E-state index contributed by atoms with van der Waals surface area (Å²) in [4.78, 5) is 13.6. The molecule has 3 heterocycles. The van der Waals surface area contributed by atoms with Crippen molar-refractivity contribution in [1.82, 2.24) is 24.4 Å². The highest BCUT2D eigenvalue weighted by atomic mass is 16.6. The van der Waals surface area contributed by atoms with Gasteiger partial charge in [0.2, 0.25) is 0 Å². The lowest BCUT2D eigenvalue weighted by molar-refractivity contribution is -0.0346. The number of imidazole rings is 1. The third-order valence-corrected chi connectivity index (χ3v) is 3.58. The molecule has 2 aromatic rings. The standard InChI is InChI=1S/C13H18N6O4/c1-18(2)3-6(20)10-8(21)9(22)13(23-10)19-5-17-7-11(14)15-4-16-12(7)19/h3-5,8-10,13,20-22H,1-2H3,(H2,14,15,16)/b6-3-/t8-,9+,10+,13+/m0/s1. The van der Waals surface area contributed by atoms with E-state index in [0.29, 0.717) is 11.2 Å². The van der Waals surface area contributed by atoms with Crippen LogP contribution in [0.15, 0.2) is 24.6 Å². The number of hydrogen-bond acceptors (Lipinski definition) is 9. The number of hydrogen-bond donors (Lipinski definition) is 4. The monoisotopic (exact) mass is 322 g/mol. The van der Waals surface area contributed by atoms with Crippen molar-refractivity contribution in [3.8, 4) is 0 Å². The minimum atomic E-state index is -1.30. The van der Waals surface area contributed by atoms with Crippen molar-refractivity contribution in [1.29, 1.82) is 0 Å². The van der Waals surface area contributed by atoms with Crippen molar-refractivity contribution in [3.05, 3.63) is 24.6 Å². The molecule has 0 unspecified atom stereocenters. The Labute approximate surface area is 131 Å². The number of nitrogens with two attached hydrogens (primary N) is 1. The number of ether oxygens (including phenoxy) is 1. The fourth-order valence-electron chi connectivity index (χ4n) is 2.53. The number of nitrogens with zero attached hydrogens (tertiary/aromatic N) is 5. The Balaban J connectivity index is 1.96. The van der Waals surface area contributed by atoms with E-state index in [1.807, 2.05) is 0 Å². The average Bonchev–Trinajstić information content (AvgIpc) is 3.02. The number of aliphatic hydroxyl groups excluding tert-OH is 3. The molecule has 0 aliphatic carbocycles. The summed E-state index contributed by atoms with van der Waals surface area (Å²) in [6.45, 7) is 0. The van der Waals surface area contributed by atoms with Crippen LogP contribution in [0.5, 0.6) is 0 Å². The normalized spacial score (nSPS) is 28.4. The maximum Gasteiger partial charge on any atom is 0.167 e. The second kappa shape index (κ2) is 5.65. The number of fused-ring (bicyclic) bond motifs is 1. The summed E-state index contributed by atoms with van der Waals surface area (Å²) in [7, 11) is 3.43. The molecule has 0 saturated carbocycles. The molecule has 1 saturated heterocycles. The van der Waals surface area contributed by atoms with Crippen molar-refractivity contribution in [2.45, 2.75) is 24.5 Å². The van der Waals surface area contributed by atoms with E-state index in [1.54, 1.807) is 19.0 Å². The zero-order valence-corrected chi connectivity index (χ0v) is 12.6. The molecule has 0 spiro atoms. The van der Waals surface area contributed by atoms with Crippen LogP contribution in [0.1, 0.15) is 6.23 Å². The van der Waals surface area contributed by atoms with Gasteiger partial charge in [0.25, 0.3) is 0 Å². The largest absolute Gasteiger partial charge is 0.508 e. The van der Waals surface area contributed by atoms with E-state index >= 15 is 0 Å². The van der Waals surface area contributed by atoms with E-state index in [0.717, 1.165) is 0 Å². The second-order valence-electron chi connectivity index (χ2n) is 5.53. The van der Waals surface area contributed by atoms with Crippen molar-refractivity contribution in [2.75, 3.05) is 19.8 Å².